The van der Waals surface area contributed by atoms with Crippen molar-refractivity contribution >= 4 is 29.0 Å². The fourth-order valence-electron chi connectivity index (χ4n) is 3.45. The van der Waals surface area contributed by atoms with E-state index in [0.29, 0.717) is 28.2 Å². The first-order valence-electron chi connectivity index (χ1n) is 9.33. The third kappa shape index (κ3) is 4.24. The summed E-state index contributed by atoms with van der Waals surface area (Å²) in [4.78, 5) is 4.94. The molecule has 1 heterocycles. The number of ether oxygens (including phenoxy) is 1. The molecule has 0 aliphatic carbocycles. The van der Waals surface area contributed by atoms with Crippen LogP contribution in [0.5, 0.6) is 5.75 Å². The molecule has 148 valence electrons. The van der Waals surface area contributed by atoms with Crippen LogP contribution in [-0.2, 0) is 0 Å². The van der Waals surface area contributed by atoms with Gasteiger partial charge >= 0.3 is 0 Å². The van der Waals surface area contributed by atoms with Crippen molar-refractivity contribution < 1.29 is 9.13 Å². The van der Waals surface area contributed by atoms with Crippen LogP contribution < -0.4 is 10.1 Å². The van der Waals surface area contributed by atoms with Crippen molar-refractivity contribution in [1.82, 2.24) is 5.32 Å². The lowest BCUT2D eigenvalue weighted by molar-refractivity contribution is 0.337. The number of amidine groups is 1. The quantitative estimate of drug-likeness (QED) is 0.512. The van der Waals surface area contributed by atoms with Gasteiger partial charge in [0.25, 0.3) is 0 Å². The number of aliphatic imine (C=N–C) groups is 1. The van der Waals surface area contributed by atoms with E-state index in [1.807, 2.05) is 55.5 Å². The standard InChI is InChI=1S/C23H19Cl2FN2O/c1-2-29-20-13-18(26)11-12-19(20)23-27-21(14-3-7-16(24)8-4-14)22(28-23)15-5-9-17(25)10-6-15/h3-13,21-22H,2H2,1H3,(H,27,28)/t21-,22+. The van der Waals surface area contributed by atoms with Crippen molar-refractivity contribution in [1.29, 1.82) is 0 Å². The van der Waals surface area contributed by atoms with Crippen LogP contribution in [0.15, 0.2) is 71.7 Å². The van der Waals surface area contributed by atoms with Crippen LogP contribution in [0.2, 0.25) is 10.0 Å². The number of nitrogens with zero attached hydrogens (tertiary/aromatic N) is 1. The minimum atomic E-state index is -0.348. The molecule has 3 aromatic rings. The molecule has 0 spiro atoms. The Labute approximate surface area is 179 Å². The smallest absolute Gasteiger partial charge is 0.133 e. The molecule has 0 unspecified atom stereocenters. The molecule has 3 nitrogen and oxygen atoms in total. The van der Waals surface area contributed by atoms with E-state index >= 15 is 0 Å². The van der Waals surface area contributed by atoms with Crippen LogP contribution in [-0.4, -0.2) is 12.4 Å². The monoisotopic (exact) mass is 428 g/mol. The Morgan fingerprint density at radius 2 is 1.55 bits per heavy atom. The molecule has 0 fully saturated rings. The number of benzene rings is 3. The molecule has 2 atom stereocenters. The van der Waals surface area contributed by atoms with Gasteiger partial charge in [-0.15, -0.1) is 0 Å². The minimum Gasteiger partial charge on any atom is -0.493 e. The third-order valence-corrected chi connectivity index (χ3v) is 5.32. The molecule has 3 aromatic carbocycles. The van der Waals surface area contributed by atoms with Crippen LogP contribution in [0, 0.1) is 5.82 Å². The molecule has 0 amide bonds. The van der Waals surface area contributed by atoms with Gasteiger partial charge in [0.05, 0.1) is 18.2 Å². The lowest BCUT2D eigenvalue weighted by atomic mass is 9.95. The normalized spacial score (nSPS) is 18.3. The van der Waals surface area contributed by atoms with Gasteiger partial charge in [0.2, 0.25) is 0 Å². The Morgan fingerprint density at radius 1 is 0.931 bits per heavy atom. The molecule has 0 aromatic heterocycles. The van der Waals surface area contributed by atoms with E-state index in [1.54, 1.807) is 6.07 Å². The number of hydrogen-bond donors (Lipinski definition) is 1. The second kappa shape index (κ2) is 8.44. The van der Waals surface area contributed by atoms with Crippen molar-refractivity contribution in [2.24, 2.45) is 4.99 Å². The largest absolute Gasteiger partial charge is 0.493 e. The van der Waals surface area contributed by atoms with Crippen molar-refractivity contribution in [2.45, 2.75) is 19.0 Å². The van der Waals surface area contributed by atoms with E-state index in [1.165, 1.54) is 12.1 Å². The zero-order chi connectivity index (χ0) is 20.4. The number of halogens is 3. The molecular formula is C23H19Cl2FN2O. The van der Waals surface area contributed by atoms with E-state index in [2.05, 4.69) is 5.32 Å². The number of hydrogen-bond acceptors (Lipinski definition) is 3. The van der Waals surface area contributed by atoms with Gasteiger partial charge in [0.15, 0.2) is 0 Å². The Morgan fingerprint density at radius 3 is 2.17 bits per heavy atom. The van der Waals surface area contributed by atoms with Crippen molar-refractivity contribution in [3.05, 3.63) is 99.3 Å². The summed E-state index contributed by atoms with van der Waals surface area (Å²) in [6, 6.07) is 19.5. The minimum absolute atomic E-state index is 0.108. The van der Waals surface area contributed by atoms with Crippen LogP contribution in [0.25, 0.3) is 0 Å². The first kappa shape index (κ1) is 19.7. The van der Waals surface area contributed by atoms with Gasteiger partial charge in [0.1, 0.15) is 23.4 Å². The number of rotatable bonds is 5. The molecule has 6 heteroatoms. The predicted molar refractivity (Wildman–Crippen MR) is 116 cm³/mol. The van der Waals surface area contributed by atoms with Crippen LogP contribution in [0.1, 0.15) is 35.7 Å². The molecule has 1 aliphatic rings. The highest BCUT2D eigenvalue weighted by molar-refractivity contribution is 6.30. The van der Waals surface area contributed by atoms with Gasteiger partial charge < -0.3 is 10.1 Å². The highest BCUT2D eigenvalue weighted by atomic mass is 35.5. The van der Waals surface area contributed by atoms with Gasteiger partial charge in [-0.2, -0.15) is 0 Å². The summed E-state index contributed by atoms with van der Waals surface area (Å²) in [5.74, 6) is 0.776. The molecule has 0 saturated carbocycles. The van der Waals surface area contributed by atoms with Gasteiger partial charge in [-0.1, -0.05) is 47.5 Å². The highest BCUT2D eigenvalue weighted by Crippen LogP contribution is 2.38. The maximum absolute atomic E-state index is 13.8. The van der Waals surface area contributed by atoms with E-state index in [9.17, 15) is 4.39 Å². The van der Waals surface area contributed by atoms with Gasteiger partial charge in [-0.25, -0.2) is 4.39 Å². The third-order valence-electron chi connectivity index (χ3n) is 4.82. The summed E-state index contributed by atoms with van der Waals surface area (Å²) in [7, 11) is 0. The summed E-state index contributed by atoms with van der Waals surface area (Å²) in [6.45, 7) is 2.30. The fraction of sp³-hybridized carbons (Fsp3) is 0.174. The molecule has 4 rings (SSSR count). The van der Waals surface area contributed by atoms with Crippen molar-refractivity contribution in [3.8, 4) is 5.75 Å². The molecule has 0 radical (unpaired) electrons. The maximum Gasteiger partial charge on any atom is 0.133 e. The first-order valence-corrected chi connectivity index (χ1v) is 10.1. The first-order chi connectivity index (χ1) is 14.0. The average Bonchev–Trinajstić information content (AvgIpc) is 3.14. The molecule has 1 N–H and O–H groups in total. The molecular weight excluding hydrogens is 410 g/mol. The van der Waals surface area contributed by atoms with E-state index in [0.717, 1.165) is 16.7 Å². The van der Waals surface area contributed by atoms with Crippen molar-refractivity contribution in [3.63, 3.8) is 0 Å². The van der Waals surface area contributed by atoms with E-state index in [-0.39, 0.29) is 17.9 Å². The molecule has 0 saturated heterocycles. The van der Waals surface area contributed by atoms with E-state index < -0.39 is 0 Å². The van der Waals surface area contributed by atoms with Gasteiger partial charge in [-0.05, 0) is 54.4 Å². The summed E-state index contributed by atoms with van der Waals surface area (Å²) >= 11 is 12.1. The molecule has 29 heavy (non-hydrogen) atoms. The van der Waals surface area contributed by atoms with Gasteiger partial charge in [0, 0.05) is 16.1 Å². The van der Waals surface area contributed by atoms with Gasteiger partial charge in [-0.3, -0.25) is 4.99 Å². The lowest BCUT2D eigenvalue weighted by Crippen LogP contribution is -2.25. The highest BCUT2D eigenvalue weighted by Gasteiger charge is 2.32. The second-order valence-corrected chi connectivity index (χ2v) is 7.59. The Bertz CT molecular complexity index is 1040. The molecule has 0 bridgehead atoms. The van der Waals surface area contributed by atoms with E-state index in [4.69, 9.17) is 32.9 Å². The lowest BCUT2D eigenvalue weighted by Gasteiger charge is -2.20. The van der Waals surface area contributed by atoms with Crippen LogP contribution in [0.3, 0.4) is 0 Å². The van der Waals surface area contributed by atoms with Crippen molar-refractivity contribution in [2.75, 3.05) is 6.61 Å². The Hall–Kier alpha value is -2.56. The Kier molecular flexibility index (Phi) is 5.74. The summed E-state index contributed by atoms with van der Waals surface area (Å²) in [5.41, 5.74) is 2.80. The second-order valence-electron chi connectivity index (χ2n) is 6.72. The Balaban J connectivity index is 1.77. The zero-order valence-corrected chi connectivity index (χ0v) is 17.2. The average molecular weight is 429 g/mol. The fourth-order valence-corrected chi connectivity index (χ4v) is 3.71. The summed E-state index contributed by atoms with van der Waals surface area (Å²) in [5, 5.41) is 4.84. The summed E-state index contributed by atoms with van der Waals surface area (Å²) in [6.07, 6.45) is 0. The summed E-state index contributed by atoms with van der Waals surface area (Å²) < 4.78 is 19.4. The zero-order valence-electron chi connectivity index (χ0n) is 15.7. The SMILES string of the molecule is CCOc1cc(F)ccc1C1=N[C@H](c2ccc(Cl)cc2)[C@H](c2ccc(Cl)cc2)N1. The topological polar surface area (TPSA) is 33.6 Å². The van der Waals surface area contributed by atoms with Crippen LogP contribution in [0.4, 0.5) is 4.39 Å². The molecule has 1 aliphatic heterocycles. The number of nitrogens with one attached hydrogen (secondary N) is 1. The predicted octanol–water partition coefficient (Wildman–Crippen LogP) is 6.36. The van der Waals surface area contributed by atoms with Crippen LogP contribution >= 0.6 is 23.2 Å². The maximum atomic E-state index is 13.8.